The van der Waals surface area contributed by atoms with Crippen molar-refractivity contribution in [1.82, 2.24) is 4.90 Å². The maximum atomic E-state index is 5.13. The lowest BCUT2D eigenvalue weighted by molar-refractivity contribution is 0.0211. The molecule has 0 aromatic heterocycles. The predicted molar refractivity (Wildman–Crippen MR) is 62.1 cm³/mol. The first-order chi connectivity index (χ1) is 7.24. The number of nitrogens with one attached hydrogen (secondary N) is 1. The lowest BCUT2D eigenvalue weighted by atomic mass is 10.1. The molecule has 0 amide bonds. The SMILES string of the molecule is CN(C)Cc1cccc(NC2COC2)c1. The maximum absolute atomic E-state index is 5.13. The first-order valence-corrected chi connectivity index (χ1v) is 5.32. The highest BCUT2D eigenvalue weighted by Gasteiger charge is 2.17. The Morgan fingerprint density at radius 2 is 2.20 bits per heavy atom. The van der Waals surface area contributed by atoms with Gasteiger partial charge >= 0.3 is 0 Å². The van der Waals surface area contributed by atoms with Crippen molar-refractivity contribution < 1.29 is 4.74 Å². The third kappa shape index (κ3) is 2.94. The standard InChI is InChI=1S/C12H18N2O/c1-14(2)7-10-4-3-5-11(6-10)13-12-8-15-9-12/h3-6,12-13H,7-9H2,1-2H3. The van der Waals surface area contributed by atoms with E-state index in [-0.39, 0.29) is 0 Å². The summed E-state index contributed by atoms with van der Waals surface area (Å²) >= 11 is 0. The van der Waals surface area contributed by atoms with E-state index in [9.17, 15) is 0 Å². The van der Waals surface area contributed by atoms with E-state index >= 15 is 0 Å². The van der Waals surface area contributed by atoms with E-state index in [1.165, 1.54) is 11.3 Å². The van der Waals surface area contributed by atoms with Crippen LogP contribution in [0, 0.1) is 0 Å². The van der Waals surface area contributed by atoms with Crippen molar-refractivity contribution in [3.05, 3.63) is 29.8 Å². The van der Waals surface area contributed by atoms with Gasteiger partial charge in [0.15, 0.2) is 0 Å². The van der Waals surface area contributed by atoms with Gasteiger partial charge in [-0.05, 0) is 31.8 Å². The Hall–Kier alpha value is -1.06. The van der Waals surface area contributed by atoms with Crippen LogP contribution in [-0.4, -0.2) is 38.3 Å². The molecule has 2 rings (SSSR count). The summed E-state index contributed by atoms with van der Waals surface area (Å²) in [4.78, 5) is 2.17. The number of anilines is 1. The van der Waals surface area contributed by atoms with Crippen LogP contribution in [0.1, 0.15) is 5.56 Å². The molecule has 3 nitrogen and oxygen atoms in total. The fourth-order valence-electron chi connectivity index (χ4n) is 1.68. The Morgan fingerprint density at radius 1 is 1.40 bits per heavy atom. The summed E-state index contributed by atoms with van der Waals surface area (Å²) in [6.45, 7) is 2.65. The molecule has 0 radical (unpaired) electrons. The zero-order chi connectivity index (χ0) is 10.7. The number of rotatable bonds is 4. The normalized spacial score (nSPS) is 16.5. The van der Waals surface area contributed by atoms with E-state index in [0.717, 1.165) is 19.8 Å². The molecular formula is C12H18N2O. The zero-order valence-corrected chi connectivity index (χ0v) is 9.36. The first kappa shape index (κ1) is 10.5. The smallest absolute Gasteiger partial charge is 0.0728 e. The van der Waals surface area contributed by atoms with Crippen molar-refractivity contribution >= 4 is 5.69 Å². The van der Waals surface area contributed by atoms with Gasteiger partial charge in [-0.2, -0.15) is 0 Å². The average molecular weight is 206 g/mol. The van der Waals surface area contributed by atoms with Gasteiger partial charge in [0, 0.05) is 12.2 Å². The Morgan fingerprint density at radius 3 is 2.80 bits per heavy atom. The Kier molecular flexibility index (Phi) is 3.23. The Labute approximate surface area is 91.0 Å². The van der Waals surface area contributed by atoms with Crippen LogP contribution in [-0.2, 0) is 11.3 Å². The van der Waals surface area contributed by atoms with Gasteiger partial charge in [0.2, 0.25) is 0 Å². The lowest BCUT2D eigenvalue weighted by Gasteiger charge is -2.28. The summed E-state index contributed by atoms with van der Waals surface area (Å²) in [5, 5.41) is 3.45. The average Bonchev–Trinajstić information content (AvgIpc) is 2.11. The molecule has 0 aliphatic carbocycles. The highest BCUT2D eigenvalue weighted by Crippen LogP contribution is 2.15. The molecule has 1 heterocycles. The van der Waals surface area contributed by atoms with E-state index in [1.807, 2.05) is 0 Å². The number of hydrogen-bond donors (Lipinski definition) is 1. The van der Waals surface area contributed by atoms with Gasteiger partial charge in [0.1, 0.15) is 0 Å². The molecule has 0 bridgehead atoms. The molecule has 1 fully saturated rings. The molecule has 1 aliphatic heterocycles. The summed E-state index contributed by atoms with van der Waals surface area (Å²) in [7, 11) is 4.17. The van der Waals surface area contributed by atoms with Gasteiger partial charge in [-0.1, -0.05) is 12.1 Å². The summed E-state index contributed by atoms with van der Waals surface area (Å²) in [6, 6.07) is 9.07. The molecule has 0 saturated carbocycles. The summed E-state index contributed by atoms with van der Waals surface area (Å²) in [5.74, 6) is 0. The fraction of sp³-hybridized carbons (Fsp3) is 0.500. The topological polar surface area (TPSA) is 24.5 Å². The van der Waals surface area contributed by atoms with E-state index in [4.69, 9.17) is 4.74 Å². The third-order valence-electron chi connectivity index (χ3n) is 2.43. The van der Waals surface area contributed by atoms with Crippen LogP contribution < -0.4 is 5.32 Å². The number of benzene rings is 1. The quantitative estimate of drug-likeness (QED) is 0.809. The predicted octanol–water partition coefficient (Wildman–Crippen LogP) is 1.56. The second-order valence-electron chi connectivity index (χ2n) is 4.32. The van der Waals surface area contributed by atoms with Crippen molar-refractivity contribution in [2.24, 2.45) is 0 Å². The van der Waals surface area contributed by atoms with Crippen LogP contribution >= 0.6 is 0 Å². The van der Waals surface area contributed by atoms with Gasteiger partial charge < -0.3 is 15.0 Å². The molecule has 1 aromatic carbocycles. The van der Waals surface area contributed by atoms with E-state index in [0.29, 0.717) is 6.04 Å². The molecule has 3 heteroatoms. The summed E-state index contributed by atoms with van der Waals surface area (Å²) in [6.07, 6.45) is 0. The van der Waals surface area contributed by atoms with Crippen LogP contribution in [0.4, 0.5) is 5.69 Å². The molecule has 0 unspecified atom stereocenters. The molecule has 82 valence electrons. The van der Waals surface area contributed by atoms with Crippen LogP contribution in [0.25, 0.3) is 0 Å². The molecule has 1 aliphatic rings. The van der Waals surface area contributed by atoms with Crippen molar-refractivity contribution in [3.8, 4) is 0 Å². The fourth-order valence-corrected chi connectivity index (χ4v) is 1.68. The summed E-state index contributed by atoms with van der Waals surface area (Å²) in [5.41, 5.74) is 2.54. The molecular weight excluding hydrogens is 188 g/mol. The van der Waals surface area contributed by atoms with E-state index in [1.54, 1.807) is 0 Å². The lowest BCUT2D eigenvalue weighted by Crippen LogP contribution is -2.40. The van der Waals surface area contributed by atoms with Gasteiger partial charge in [-0.15, -0.1) is 0 Å². The van der Waals surface area contributed by atoms with Crippen LogP contribution in [0.2, 0.25) is 0 Å². The van der Waals surface area contributed by atoms with E-state index in [2.05, 4.69) is 48.6 Å². The van der Waals surface area contributed by atoms with Gasteiger partial charge in [0.05, 0.1) is 19.3 Å². The minimum Gasteiger partial charge on any atom is -0.378 e. The maximum Gasteiger partial charge on any atom is 0.0728 e. The van der Waals surface area contributed by atoms with Gasteiger partial charge in [0.25, 0.3) is 0 Å². The van der Waals surface area contributed by atoms with Crippen LogP contribution in [0.15, 0.2) is 24.3 Å². The monoisotopic (exact) mass is 206 g/mol. The van der Waals surface area contributed by atoms with Gasteiger partial charge in [-0.25, -0.2) is 0 Å². The van der Waals surface area contributed by atoms with Crippen molar-refractivity contribution in [1.29, 1.82) is 0 Å². The number of hydrogen-bond acceptors (Lipinski definition) is 3. The highest BCUT2D eigenvalue weighted by atomic mass is 16.5. The molecule has 1 N–H and O–H groups in total. The van der Waals surface area contributed by atoms with Crippen LogP contribution in [0.5, 0.6) is 0 Å². The number of nitrogens with zero attached hydrogens (tertiary/aromatic N) is 1. The van der Waals surface area contributed by atoms with Crippen molar-refractivity contribution in [3.63, 3.8) is 0 Å². The number of ether oxygens (including phenoxy) is 1. The Balaban J connectivity index is 1.98. The second-order valence-corrected chi connectivity index (χ2v) is 4.32. The molecule has 0 atom stereocenters. The summed E-state index contributed by atoms with van der Waals surface area (Å²) < 4.78 is 5.13. The Bertz CT molecular complexity index is 321. The van der Waals surface area contributed by atoms with E-state index < -0.39 is 0 Å². The third-order valence-corrected chi connectivity index (χ3v) is 2.43. The van der Waals surface area contributed by atoms with Crippen molar-refractivity contribution in [2.75, 3.05) is 32.6 Å². The minimum atomic E-state index is 0.500. The zero-order valence-electron chi connectivity index (χ0n) is 9.36. The van der Waals surface area contributed by atoms with Gasteiger partial charge in [-0.3, -0.25) is 0 Å². The van der Waals surface area contributed by atoms with Crippen LogP contribution in [0.3, 0.4) is 0 Å². The van der Waals surface area contributed by atoms with Crippen molar-refractivity contribution in [2.45, 2.75) is 12.6 Å². The second kappa shape index (κ2) is 4.64. The first-order valence-electron chi connectivity index (χ1n) is 5.32. The highest BCUT2D eigenvalue weighted by molar-refractivity contribution is 5.46. The molecule has 0 spiro atoms. The molecule has 1 saturated heterocycles. The largest absolute Gasteiger partial charge is 0.378 e. The minimum absolute atomic E-state index is 0.500. The molecule has 15 heavy (non-hydrogen) atoms. The molecule has 1 aromatic rings.